The molecule has 11 heteroatoms. The van der Waals surface area contributed by atoms with E-state index in [1.54, 1.807) is 13.8 Å². The molecule has 0 amide bonds. The highest BCUT2D eigenvalue weighted by atomic mass is 127. The molecule has 0 spiro atoms. The summed E-state index contributed by atoms with van der Waals surface area (Å²) in [5, 5.41) is 16.6. The van der Waals surface area contributed by atoms with Gasteiger partial charge < -0.3 is 15.9 Å². The number of hydrogen-bond donors (Lipinski definition) is 3. The van der Waals surface area contributed by atoms with Crippen molar-refractivity contribution >= 4 is 102 Å². The monoisotopic (exact) mass is 931 g/mol. The Labute approximate surface area is 292 Å². The molecule has 0 fully saturated rings. The van der Waals surface area contributed by atoms with Crippen molar-refractivity contribution in [1.29, 1.82) is 0 Å². The minimum atomic E-state index is -0.928. The first-order valence-electron chi connectivity index (χ1n) is 12.3. The lowest BCUT2D eigenvalue weighted by Crippen LogP contribution is -2.28. The SMILES string of the molecule is C.CCC(CC(=O)c1c(C)cccc1C)C(=O)O.CCC(N)C(=O)O.CI.Cc1cccc(C)c1C(=O)Cl.ICI. The zero-order valence-corrected chi connectivity index (χ0v) is 31.3. The highest BCUT2D eigenvalue weighted by Crippen LogP contribution is 2.19. The number of carbonyl (C=O) groups is 4. The van der Waals surface area contributed by atoms with Crippen molar-refractivity contribution in [2.45, 2.75) is 74.3 Å². The molecule has 0 aliphatic rings. The zero-order chi connectivity index (χ0) is 32.0. The van der Waals surface area contributed by atoms with Crippen molar-refractivity contribution in [2.75, 3.05) is 7.36 Å². The highest BCUT2D eigenvalue weighted by Gasteiger charge is 2.21. The van der Waals surface area contributed by atoms with Gasteiger partial charge in [-0.3, -0.25) is 19.2 Å². The Kier molecular flexibility index (Phi) is 32.1. The molecule has 0 saturated heterocycles. The van der Waals surface area contributed by atoms with Crippen molar-refractivity contribution in [3.63, 3.8) is 0 Å². The summed E-state index contributed by atoms with van der Waals surface area (Å²) in [4.78, 5) is 45.6. The number of carboxylic acids is 2. The number of Topliss-reactive ketones (excluding diaryl/α,β-unsaturated/α-hetero) is 1. The number of hydrogen-bond acceptors (Lipinski definition) is 5. The number of nitrogens with two attached hydrogens (primary N) is 1. The number of rotatable bonds is 8. The minimum Gasteiger partial charge on any atom is -0.481 e. The van der Waals surface area contributed by atoms with Crippen LogP contribution in [0, 0.1) is 33.6 Å². The van der Waals surface area contributed by atoms with Gasteiger partial charge in [0.25, 0.3) is 5.24 Å². The van der Waals surface area contributed by atoms with Crippen molar-refractivity contribution in [2.24, 2.45) is 11.7 Å². The van der Waals surface area contributed by atoms with E-state index in [1.807, 2.05) is 69.0 Å². The number of carboxylic acid groups (broad SMARTS) is 2. The van der Waals surface area contributed by atoms with Gasteiger partial charge in [-0.15, -0.1) is 0 Å². The molecule has 41 heavy (non-hydrogen) atoms. The molecule has 2 rings (SSSR count). The van der Waals surface area contributed by atoms with E-state index in [1.165, 1.54) is 2.43 Å². The maximum Gasteiger partial charge on any atom is 0.320 e. The van der Waals surface area contributed by atoms with Crippen LogP contribution in [0.3, 0.4) is 0 Å². The predicted molar refractivity (Wildman–Crippen MR) is 198 cm³/mol. The Morgan fingerprint density at radius 2 is 1.12 bits per heavy atom. The number of halogens is 4. The smallest absolute Gasteiger partial charge is 0.320 e. The van der Waals surface area contributed by atoms with E-state index in [0.29, 0.717) is 24.0 Å². The van der Waals surface area contributed by atoms with E-state index in [0.717, 1.165) is 22.3 Å². The summed E-state index contributed by atoms with van der Waals surface area (Å²) < 4.78 is 1.19. The maximum atomic E-state index is 12.1. The van der Waals surface area contributed by atoms with Crippen LogP contribution in [0.4, 0.5) is 0 Å². The van der Waals surface area contributed by atoms with Gasteiger partial charge in [-0.25, -0.2) is 0 Å². The van der Waals surface area contributed by atoms with Crippen LogP contribution in [0.1, 0.15) is 83.5 Å². The third kappa shape index (κ3) is 20.7. The average molecular weight is 932 g/mol. The van der Waals surface area contributed by atoms with Crippen LogP contribution in [0.25, 0.3) is 0 Å². The van der Waals surface area contributed by atoms with Crippen molar-refractivity contribution < 1.29 is 29.4 Å². The molecule has 2 unspecified atom stereocenters. The van der Waals surface area contributed by atoms with Gasteiger partial charge in [0.15, 0.2) is 5.78 Å². The second kappa shape index (κ2) is 28.0. The second-order valence-corrected chi connectivity index (χ2v) is 13.1. The van der Waals surface area contributed by atoms with E-state index in [-0.39, 0.29) is 24.9 Å². The molecular weight excluding hydrogens is 886 g/mol. The van der Waals surface area contributed by atoms with E-state index in [4.69, 9.17) is 27.5 Å². The summed E-state index contributed by atoms with van der Waals surface area (Å²) >= 11 is 12.1. The summed E-state index contributed by atoms with van der Waals surface area (Å²) in [6.45, 7) is 11.0. The Bertz CT molecular complexity index is 1030. The van der Waals surface area contributed by atoms with Crippen LogP contribution >= 0.6 is 79.4 Å². The normalized spacial score (nSPS) is 10.5. The van der Waals surface area contributed by atoms with Gasteiger partial charge in [0.1, 0.15) is 6.04 Å². The number of alkyl halides is 3. The van der Waals surface area contributed by atoms with Crippen LogP contribution in [0.15, 0.2) is 36.4 Å². The van der Waals surface area contributed by atoms with Crippen LogP contribution in [0.2, 0.25) is 0 Å². The Balaban J connectivity index is -0.000000246. The van der Waals surface area contributed by atoms with Gasteiger partial charge in [-0.1, -0.05) is 125 Å². The fraction of sp³-hybridized carbons (Fsp3) is 0.467. The molecule has 234 valence electrons. The lowest BCUT2D eigenvalue weighted by molar-refractivity contribution is -0.142. The molecule has 0 aliphatic heterocycles. The third-order valence-corrected chi connectivity index (χ3v) is 5.66. The lowest BCUT2D eigenvalue weighted by Gasteiger charge is -2.12. The first-order chi connectivity index (χ1) is 18.7. The van der Waals surface area contributed by atoms with Crippen LogP contribution in [-0.4, -0.2) is 46.6 Å². The molecule has 0 bridgehead atoms. The molecule has 4 N–H and O–H groups in total. The van der Waals surface area contributed by atoms with Crippen molar-refractivity contribution in [3.8, 4) is 0 Å². The fourth-order valence-electron chi connectivity index (χ4n) is 3.29. The standard InChI is InChI=1S/C14H18O3.C9H9ClO.C4H9NO2.CH2I2.CH3I.CH4/c1-4-11(14(16)17)8-12(15)13-9(2)6-5-7-10(13)3;1-6-4-3-5-7(2)8(6)9(10)11;1-2-3(5)4(6)7;2-1-3;1-2;/h5-7,11H,4,8H2,1-3H3,(H,16,17);3-5H,1-2H3;3H,2,5H2,1H3,(H,6,7);1H2;1H3;1H4. The van der Waals surface area contributed by atoms with Gasteiger partial charge in [-0.05, 0) is 79.3 Å². The Hall–Kier alpha value is -0.840. The van der Waals surface area contributed by atoms with Crippen molar-refractivity contribution in [3.05, 3.63) is 69.8 Å². The summed E-state index contributed by atoms with van der Waals surface area (Å²) in [5.41, 5.74) is 10.0. The Morgan fingerprint density at radius 1 is 0.780 bits per heavy atom. The number of aryl methyl sites for hydroxylation is 4. The minimum absolute atomic E-state index is 0. The van der Waals surface area contributed by atoms with Gasteiger partial charge in [0, 0.05) is 17.5 Å². The molecule has 0 saturated carbocycles. The number of benzene rings is 2. The van der Waals surface area contributed by atoms with E-state index in [2.05, 4.69) is 67.8 Å². The van der Waals surface area contributed by atoms with E-state index < -0.39 is 23.9 Å². The molecule has 2 atom stereocenters. The van der Waals surface area contributed by atoms with E-state index in [9.17, 15) is 19.2 Å². The first-order valence-corrected chi connectivity index (χ1v) is 17.8. The molecule has 0 aromatic heterocycles. The van der Waals surface area contributed by atoms with Crippen LogP contribution in [-0.2, 0) is 9.59 Å². The molecular formula is C30H45ClI3NO6. The van der Waals surface area contributed by atoms with Crippen LogP contribution < -0.4 is 5.73 Å². The molecule has 0 heterocycles. The third-order valence-electron chi connectivity index (χ3n) is 5.47. The maximum absolute atomic E-state index is 12.1. The largest absolute Gasteiger partial charge is 0.481 e. The molecule has 7 nitrogen and oxygen atoms in total. The number of carbonyl (C=O) groups excluding carboxylic acids is 2. The van der Waals surface area contributed by atoms with Gasteiger partial charge >= 0.3 is 11.9 Å². The summed E-state index contributed by atoms with van der Waals surface area (Å²) in [6, 6.07) is 10.6. The number of aliphatic carboxylic acids is 2. The predicted octanol–water partition coefficient (Wildman–Crippen LogP) is 8.98. The Morgan fingerprint density at radius 3 is 1.32 bits per heavy atom. The van der Waals surface area contributed by atoms with E-state index >= 15 is 0 Å². The quantitative estimate of drug-likeness (QED) is 0.104. The molecule has 2 aromatic carbocycles. The van der Waals surface area contributed by atoms with Crippen molar-refractivity contribution in [1.82, 2.24) is 0 Å². The fourth-order valence-corrected chi connectivity index (χ4v) is 3.58. The number of ketones is 1. The summed E-state index contributed by atoms with van der Waals surface area (Å²) in [5.74, 6) is -2.48. The molecule has 0 aliphatic carbocycles. The summed E-state index contributed by atoms with van der Waals surface area (Å²) in [7, 11) is 0. The second-order valence-electron chi connectivity index (χ2n) is 8.33. The first kappa shape index (κ1) is 47.1. The highest BCUT2D eigenvalue weighted by molar-refractivity contribution is 14.2. The summed E-state index contributed by atoms with van der Waals surface area (Å²) in [6.07, 6.45) is 1.05. The lowest BCUT2D eigenvalue weighted by atomic mass is 9.91. The van der Waals surface area contributed by atoms with Gasteiger partial charge in [0.05, 0.1) is 8.35 Å². The van der Waals surface area contributed by atoms with Gasteiger partial charge in [0.2, 0.25) is 0 Å². The van der Waals surface area contributed by atoms with Crippen LogP contribution in [0.5, 0.6) is 0 Å². The molecule has 0 radical (unpaired) electrons. The topological polar surface area (TPSA) is 135 Å². The average Bonchev–Trinajstić information content (AvgIpc) is 2.88. The zero-order valence-electron chi connectivity index (χ0n) is 24.1. The van der Waals surface area contributed by atoms with Gasteiger partial charge in [-0.2, -0.15) is 0 Å². The molecule has 2 aromatic rings.